The Kier molecular flexibility index (Phi) is 6.61. The number of nitrogens with zero attached hydrogens (tertiary/aromatic N) is 2. The molecule has 3 aromatic carbocycles. The number of rotatable bonds is 7. The molecular formula is C29H20N2O4S. The van der Waals surface area contributed by atoms with E-state index in [0.717, 1.165) is 16.5 Å². The summed E-state index contributed by atoms with van der Waals surface area (Å²) in [7, 11) is 1.58. The fourth-order valence-corrected chi connectivity index (χ4v) is 4.48. The molecule has 2 aromatic heterocycles. The Bertz CT molecular complexity index is 1660. The van der Waals surface area contributed by atoms with Crippen molar-refractivity contribution in [2.24, 2.45) is 0 Å². The molecule has 0 amide bonds. The lowest BCUT2D eigenvalue weighted by Gasteiger charge is -2.11. The molecule has 0 fully saturated rings. The van der Waals surface area contributed by atoms with E-state index in [-0.39, 0.29) is 0 Å². The van der Waals surface area contributed by atoms with Gasteiger partial charge in [-0.2, -0.15) is 5.26 Å². The number of benzene rings is 3. The molecule has 0 radical (unpaired) electrons. The van der Waals surface area contributed by atoms with Gasteiger partial charge in [-0.15, -0.1) is 11.3 Å². The summed E-state index contributed by atoms with van der Waals surface area (Å²) in [6.07, 6.45) is 1.73. The highest BCUT2D eigenvalue weighted by Crippen LogP contribution is 2.32. The van der Waals surface area contributed by atoms with Gasteiger partial charge in [-0.1, -0.05) is 54.6 Å². The van der Waals surface area contributed by atoms with Gasteiger partial charge in [0.2, 0.25) is 0 Å². The van der Waals surface area contributed by atoms with Crippen LogP contribution >= 0.6 is 11.3 Å². The van der Waals surface area contributed by atoms with Gasteiger partial charge in [-0.05, 0) is 41.5 Å². The lowest BCUT2D eigenvalue weighted by molar-refractivity contribution is 0.284. The lowest BCUT2D eigenvalue weighted by Crippen LogP contribution is -2.02. The number of thiazole rings is 1. The normalized spacial score (nSPS) is 11.3. The molecule has 0 atom stereocenters. The van der Waals surface area contributed by atoms with E-state index in [1.165, 1.54) is 11.3 Å². The quantitative estimate of drug-likeness (QED) is 0.189. The lowest BCUT2D eigenvalue weighted by atomic mass is 10.1. The summed E-state index contributed by atoms with van der Waals surface area (Å²) in [6, 6.07) is 26.6. The third-order valence-electron chi connectivity index (χ3n) is 5.51. The number of allylic oxidation sites excluding steroid dienone is 1. The van der Waals surface area contributed by atoms with Gasteiger partial charge in [0.25, 0.3) is 0 Å². The first kappa shape index (κ1) is 23.1. The molecule has 0 aliphatic rings. The molecule has 0 N–H and O–H groups in total. The van der Waals surface area contributed by atoms with Crippen LogP contribution in [0.25, 0.3) is 33.9 Å². The van der Waals surface area contributed by atoms with Crippen LogP contribution in [0.5, 0.6) is 11.5 Å². The number of nitriles is 1. The zero-order chi connectivity index (χ0) is 24.9. The van der Waals surface area contributed by atoms with Crippen LogP contribution in [0.3, 0.4) is 0 Å². The van der Waals surface area contributed by atoms with Crippen molar-refractivity contribution in [1.29, 1.82) is 5.26 Å². The molecule has 0 saturated carbocycles. The molecule has 0 unspecified atom stereocenters. The standard InChI is InChI=1S/C29H20N2O4S/c1-33-27-14-20(11-12-26(27)34-17-19-7-3-2-4-8-19)13-22(16-30)28-31-24(18-36-28)23-15-21-9-5-6-10-25(21)35-29(23)32/h2-15,18H,17H2,1H3/b22-13+. The number of aromatic nitrogens is 1. The molecule has 0 aliphatic carbocycles. The zero-order valence-electron chi connectivity index (χ0n) is 19.3. The van der Waals surface area contributed by atoms with Crippen LogP contribution in [0.2, 0.25) is 0 Å². The number of hydrogen-bond donors (Lipinski definition) is 0. The van der Waals surface area contributed by atoms with Crippen molar-refractivity contribution in [3.63, 3.8) is 0 Å². The van der Waals surface area contributed by atoms with Crippen LogP contribution in [0.15, 0.2) is 93.5 Å². The van der Waals surface area contributed by atoms with Crippen LogP contribution < -0.4 is 15.1 Å². The van der Waals surface area contributed by atoms with Gasteiger partial charge < -0.3 is 13.9 Å². The average Bonchev–Trinajstić information content (AvgIpc) is 3.40. The van der Waals surface area contributed by atoms with E-state index in [1.54, 1.807) is 30.7 Å². The predicted molar refractivity (Wildman–Crippen MR) is 141 cm³/mol. The Balaban J connectivity index is 1.41. The van der Waals surface area contributed by atoms with E-state index in [1.807, 2.05) is 66.7 Å². The van der Waals surface area contributed by atoms with Crippen molar-refractivity contribution >= 4 is 34.0 Å². The largest absolute Gasteiger partial charge is 0.493 e. The molecule has 0 spiro atoms. The van der Waals surface area contributed by atoms with E-state index < -0.39 is 5.63 Å². The Hall–Kier alpha value is -4.67. The number of ether oxygens (including phenoxy) is 2. The smallest absolute Gasteiger partial charge is 0.345 e. The van der Waals surface area contributed by atoms with Gasteiger partial charge in [-0.3, -0.25) is 0 Å². The van der Waals surface area contributed by atoms with Crippen LogP contribution in [-0.2, 0) is 6.61 Å². The maximum atomic E-state index is 12.5. The minimum Gasteiger partial charge on any atom is -0.493 e. The minimum absolute atomic E-state index is 0.357. The first-order valence-corrected chi connectivity index (χ1v) is 12.0. The van der Waals surface area contributed by atoms with Gasteiger partial charge >= 0.3 is 5.63 Å². The molecular weight excluding hydrogens is 472 g/mol. The number of hydrogen-bond acceptors (Lipinski definition) is 7. The van der Waals surface area contributed by atoms with Crippen molar-refractivity contribution in [3.8, 4) is 28.8 Å². The van der Waals surface area contributed by atoms with Gasteiger partial charge in [-0.25, -0.2) is 9.78 Å². The van der Waals surface area contributed by atoms with E-state index in [9.17, 15) is 10.1 Å². The van der Waals surface area contributed by atoms with Gasteiger partial charge in [0.15, 0.2) is 11.5 Å². The highest BCUT2D eigenvalue weighted by Gasteiger charge is 2.14. The highest BCUT2D eigenvalue weighted by molar-refractivity contribution is 7.11. The molecule has 2 heterocycles. The number of methoxy groups -OCH3 is 1. The molecule has 7 heteroatoms. The topological polar surface area (TPSA) is 85.4 Å². The molecule has 5 rings (SSSR count). The fourth-order valence-electron chi connectivity index (χ4n) is 3.70. The van der Waals surface area contributed by atoms with Crippen molar-refractivity contribution < 1.29 is 13.9 Å². The SMILES string of the molecule is COc1cc(/C=C(\C#N)c2nc(-c3cc4ccccc4oc3=O)cs2)ccc1OCc1ccccc1. The van der Waals surface area contributed by atoms with E-state index >= 15 is 0 Å². The zero-order valence-corrected chi connectivity index (χ0v) is 20.1. The van der Waals surface area contributed by atoms with Crippen molar-refractivity contribution in [2.75, 3.05) is 7.11 Å². The average molecular weight is 493 g/mol. The van der Waals surface area contributed by atoms with Crippen LogP contribution in [0, 0.1) is 11.3 Å². The molecule has 0 saturated heterocycles. The summed E-state index contributed by atoms with van der Waals surface area (Å²) in [6.45, 7) is 0.417. The van der Waals surface area contributed by atoms with Crippen LogP contribution in [0.4, 0.5) is 0 Å². The van der Waals surface area contributed by atoms with Crippen molar-refractivity contribution in [1.82, 2.24) is 4.98 Å². The maximum absolute atomic E-state index is 12.5. The van der Waals surface area contributed by atoms with E-state index in [2.05, 4.69) is 11.1 Å². The van der Waals surface area contributed by atoms with Crippen molar-refractivity contribution in [2.45, 2.75) is 6.61 Å². The monoisotopic (exact) mass is 492 g/mol. The third-order valence-corrected chi connectivity index (χ3v) is 6.38. The Labute approximate surface area is 211 Å². The summed E-state index contributed by atoms with van der Waals surface area (Å²) in [4.78, 5) is 17.1. The number of para-hydroxylation sites is 1. The fraction of sp³-hybridized carbons (Fsp3) is 0.0690. The third kappa shape index (κ3) is 4.90. The first-order valence-electron chi connectivity index (χ1n) is 11.1. The van der Waals surface area contributed by atoms with Crippen LogP contribution in [-0.4, -0.2) is 12.1 Å². The highest BCUT2D eigenvalue weighted by atomic mass is 32.1. The second-order valence-corrected chi connectivity index (χ2v) is 8.74. The summed E-state index contributed by atoms with van der Waals surface area (Å²) >= 11 is 1.29. The van der Waals surface area contributed by atoms with Gasteiger partial charge in [0.05, 0.1) is 23.9 Å². The summed E-state index contributed by atoms with van der Waals surface area (Å²) in [5.41, 5.74) is 3.06. The Morgan fingerprint density at radius 1 is 1.06 bits per heavy atom. The summed E-state index contributed by atoms with van der Waals surface area (Å²) in [5.74, 6) is 1.17. The first-order chi connectivity index (χ1) is 17.6. The van der Waals surface area contributed by atoms with E-state index in [4.69, 9.17) is 13.9 Å². The molecule has 6 nitrogen and oxygen atoms in total. The second kappa shape index (κ2) is 10.3. The van der Waals surface area contributed by atoms with Crippen molar-refractivity contribution in [3.05, 3.63) is 111 Å². The second-order valence-electron chi connectivity index (χ2n) is 7.88. The minimum atomic E-state index is -0.469. The molecule has 36 heavy (non-hydrogen) atoms. The Morgan fingerprint density at radius 3 is 2.67 bits per heavy atom. The van der Waals surface area contributed by atoms with Gasteiger partial charge in [0.1, 0.15) is 23.3 Å². The molecule has 0 aliphatic heterocycles. The van der Waals surface area contributed by atoms with Crippen LogP contribution in [0.1, 0.15) is 16.1 Å². The molecule has 0 bridgehead atoms. The molecule has 5 aromatic rings. The number of fused-ring (bicyclic) bond motifs is 1. The summed E-state index contributed by atoms with van der Waals surface area (Å²) in [5, 5.41) is 12.9. The summed E-state index contributed by atoms with van der Waals surface area (Å²) < 4.78 is 16.9. The van der Waals surface area contributed by atoms with Gasteiger partial charge in [0, 0.05) is 10.8 Å². The maximum Gasteiger partial charge on any atom is 0.345 e. The predicted octanol–water partition coefficient (Wildman–Crippen LogP) is 6.57. The van der Waals surface area contributed by atoms with E-state index in [0.29, 0.717) is 45.5 Å². The molecule has 176 valence electrons. The Morgan fingerprint density at radius 2 is 1.86 bits per heavy atom.